The number of nitrogen functional groups attached to an aromatic ring is 1. The summed E-state index contributed by atoms with van der Waals surface area (Å²) in [7, 11) is 0. The monoisotopic (exact) mass is 189 g/mol. The molecule has 0 aliphatic heterocycles. The SMILES string of the molecule is Nc1cc2c([N+](=O)[O-])cccc2cn1. The molecule has 2 rings (SSSR count). The van der Waals surface area contributed by atoms with Crippen LogP contribution in [-0.2, 0) is 0 Å². The number of anilines is 1. The Morgan fingerprint density at radius 2 is 2.21 bits per heavy atom. The van der Waals surface area contributed by atoms with E-state index in [0.717, 1.165) is 0 Å². The van der Waals surface area contributed by atoms with Crippen LogP contribution in [0.3, 0.4) is 0 Å². The summed E-state index contributed by atoms with van der Waals surface area (Å²) in [6, 6.07) is 6.34. The molecule has 2 N–H and O–H groups in total. The highest BCUT2D eigenvalue weighted by atomic mass is 16.6. The minimum Gasteiger partial charge on any atom is -0.384 e. The van der Waals surface area contributed by atoms with Gasteiger partial charge in [0.2, 0.25) is 0 Å². The number of fused-ring (bicyclic) bond motifs is 1. The van der Waals surface area contributed by atoms with Crippen LogP contribution in [0.4, 0.5) is 11.5 Å². The zero-order valence-electron chi connectivity index (χ0n) is 7.18. The molecule has 0 aliphatic carbocycles. The van der Waals surface area contributed by atoms with Gasteiger partial charge in [0.25, 0.3) is 5.69 Å². The van der Waals surface area contributed by atoms with E-state index < -0.39 is 4.92 Å². The van der Waals surface area contributed by atoms with Gasteiger partial charge in [-0.1, -0.05) is 12.1 Å². The number of nitrogens with zero attached hydrogens (tertiary/aromatic N) is 2. The third kappa shape index (κ3) is 1.24. The first kappa shape index (κ1) is 8.43. The number of rotatable bonds is 1. The Labute approximate surface area is 79.3 Å². The van der Waals surface area contributed by atoms with Gasteiger partial charge < -0.3 is 5.73 Å². The lowest BCUT2D eigenvalue weighted by Crippen LogP contribution is -1.92. The molecule has 5 heteroatoms. The van der Waals surface area contributed by atoms with Crippen molar-refractivity contribution in [3.8, 4) is 0 Å². The van der Waals surface area contributed by atoms with Gasteiger partial charge in [-0.25, -0.2) is 4.98 Å². The van der Waals surface area contributed by atoms with Crippen LogP contribution in [0.1, 0.15) is 0 Å². The lowest BCUT2D eigenvalue weighted by molar-refractivity contribution is -0.383. The van der Waals surface area contributed by atoms with Crippen LogP contribution in [0.15, 0.2) is 30.5 Å². The third-order valence-electron chi connectivity index (χ3n) is 1.96. The van der Waals surface area contributed by atoms with Gasteiger partial charge in [-0.2, -0.15) is 0 Å². The number of nitro groups is 1. The van der Waals surface area contributed by atoms with Gasteiger partial charge in [0.05, 0.1) is 10.3 Å². The molecular formula is C9H7N3O2. The van der Waals surface area contributed by atoms with E-state index >= 15 is 0 Å². The highest BCUT2D eigenvalue weighted by molar-refractivity contribution is 5.91. The Kier molecular flexibility index (Phi) is 1.78. The second-order valence-electron chi connectivity index (χ2n) is 2.86. The van der Waals surface area contributed by atoms with Gasteiger partial charge in [-0.15, -0.1) is 0 Å². The molecule has 14 heavy (non-hydrogen) atoms. The first-order valence-electron chi connectivity index (χ1n) is 3.97. The lowest BCUT2D eigenvalue weighted by atomic mass is 10.1. The Morgan fingerprint density at radius 3 is 2.93 bits per heavy atom. The van der Waals surface area contributed by atoms with Crippen LogP contribution in [0.25, 0.3) is 10.8 Å². The molecule has 0 aliphatic rings. The fourth-order valence-electron chi connectivity index (χ4n) is 1.33. The minimum absolute atomic E-state index is 0.0524. The van der Waals surface area contributed by atoms with Gasteiger partial charge in [0.1, 0.15) is 5.82 Å². The number of pyridine rings is 1. The van der Waals surface area contributed by atoms with Gasteiger partial charge in [0, 0.05) is 17.6 Å². The molecule has 2 aromatic rings. The molecule has 1 aromatic carbocycles. The predicted molar refractivity (Wildman–Crippen MR) is 52.8 cm³/mol. The first-order valence-corrected chi connectivity index (χ1v) is 3.97. The van der Waals surface area contributed by atoms with Crippen LogP contribution in [-0.4, -0.2) is 9.91 Å². The molecule has 1 heterocycles. The van der Waals surface area contributed by atoms with Crippen LogP contribution >= 0.6 is 0 Å². The van der Waals surface area contributed by atoms with Crippen LogP contribution in [0, 0.1) is 10.1 Å². The van der Waals surface area contributed by atoms with Gasteiger partial charge in [-0.3, -0.25) is 10.1 Å². The molecule has 0 spiro atoms. The van der Waals surface area contributed by atoms with E-state index in [1.165, 1.54) is 18.3 Å². The number of non-ortho nitro benzene ring substituents is 1. The molecule has 0 fully saturated rings. The summed E-state index contributed by atoms with van der Waals surface area (Å²) in [5, 5.41) is 11.9. The van der Waals surface area contributed by atoms with E-state index in [2.05, 4.69) is 4.98 Å². The van der Waals surface area contributed by atoms with Crippen LogP contribution in [0.5, 0.6) is 0 Å². The fourth-order valence-corrected chi connectivity index (χ4v) is 1.33. The molecular weight excluding hydrogens is 182 g/mol. The first-order chi connectivity index (χ1) is 6.68. The number of hydrogen-bond donors (Lipinski definition) is 1. The van der Waals surface area contributed by atoms with Crippen molar-refractivity contribution in [1.29, 1.82) is 0 Å². The zero-order valence-corrected chi connectivity index (χ0v) is 7.18. The zero-order chi connectivity index (χ0) is 10.1. The normalized spacial score (nSPS) is 10.3. The van der Waals surface area contributed by atoms with Crippen molar-refractivity contribution >= 4 is 22.3 Å². The Balaban J connectivity index is 2.84. The number of nitro benzene ring substituents is 1. The second kappa shape index (κ2) is 2.95. The van der Waals surface area contributed by atoms with Crippen molar-refractivity contribution in [2.75, 3.05) is 5.73 Å². The van der Waals surface area contributed by atoms with Crippen molar-refractivity contribution in [2.45, 2.75) is 0 Å². The van der Waals surface area contributed by atoms with E-state index in [4.69, 9.17) is 5.73 Å². The summed E-state index contributed by atoms with van der Waals surface area (Å²) in [5.41, 5.74) is 5.51. The van der Waals surface area contributed by atoms with Gasteiger partial charge in [0.15, 0.2) is 0 Å². The molecule has 0 unspecified atom stereocenters. The summed E-state index contributed by atoms with van der Waals surface area (Å²) in [6.45, 7) is 0. The van der Waals surface area contributed by atoms with Crippen LogP contribution in [0.2, 0.25) is 0 Å². The average Bonchev–Trinajstić information content (AvgIpc) is 2.16. The van der Waals surface area contributed by atoms with E-state index in [-0.39, 0.29) is 11.5 Å². The van der Waals surface area contributed by atoms with E-state index in [1.54, 1.807) is 12.1 Å². The van der Waals surface area contributed by atoms with Crippen LogP contribution < -0.4 is 5.73 Å². The van der Waals surface area contributed by atoms with Gasteiger partial charge in [-0.05, 0) is 6.07 Å². The topological polar surface area (TPSA) is 82.0 Å². The average molecular weight is 189 g/mol. The van der Waals surface area contributed by atoms with Gasteiger partial charge >= 0.3 is 0 Å². The summed E-state index contributed by atoms with van der Waals surface area (Å²) in [6.07, 6.45) is 1.53. The minimum atomic E-state index is -0.429. The van der Waals surface area contributed by atoms with Crippen molar-refractivity contribution in [3.05, 3.63) is 40.6 Å². The smallest absolute Gasteiger partial charge is 0.277 e. The van der Waals surface area contributed by atoms with Crippen molar-refractivity contribution in [2.24, 2.45) is 0 Å². The maximum atomic E-state index is 10.7. The number of hydrogen-bond acceptors (Lipinski definition) is 4. The molecule has 0 bridgehead atoms. The van der Waals surface area contributed by atoms with Crippen molar-refractivity contribution in [1.82, 2.24) is 4.98 Å². The number of aromatic nitrogens is 1. The molecule has 0 atom stereocenters. The molecule has 5 nitrogen and oxygen atoms in total. The maximum Gasteiger partial charge on any atom is 0.277 e. The third-order valence-corrected chi connectivity index (χ3v) is 1.96. The quantitative estimate of drug-likeness (QED) is 0.547. The molecule has 0 amide bonds. The fraction of sp³-hybridized carbons (Fsp3) is 0. The summed E-state index contributed by atoms with van der Waals surface area (Å²) in [5.74, 6) is 0.284. The maximum absolute atomic E-state index is 10.7. The molecule has 0 saturated heterocycles. The van der Waals surface area contributed by atoms with Crippen molar-refractivity contribution < 1.29 is 4.92 Å². The highest BCUT2D eigenvalue weighted by Crippen LogP contribution is 2.25. The lowest BCUT2D eigenvalue weighted by Gasteiger charge is -1.99. The summed E-state index contributed by atoms with van der Waals surface area (Å²) < 4.78 is 0. The molecule has 0 radical (unpaired) electrons. The Hall–Kier alpha value is -2.17. The largest absolute Gasteiger partial charge is 0.384 e. The molecule has 1 aromatic heterocycles. The Morgan fingerprint density at radius 1 is 1.43 bits per heavy atom. The number of nitrogens with two attached hydrogens (primary N) is 1. The van der Waals surface area contributed by atoms with E-state index in [9.17, 15) is 10.1 Å². The second-order valence-corrected chi connectivity index (χ2v) is 2.86. The number of benzene rings is 1. The molecule has 70 valence electrons. The summed E-state index contributed by atoms with van der Waals surface area (Å²) in [4.78, 5) is 14.1. The Bertz CT molecular complexity index is 510. The molecule has 0 saturated carbocycles. The predicted octanol–water partition coefficient (Wildman–Crippen LogP) is 1.73. The van der Waals surface area contributed by atoms with Crippen molar-refractivity contribution in [3.63, 3.8) is 0 Å². The summed E-state index contributed by atoms with van der Waals surface area (Å²) >= 11 is 0. The highest BCUT2D eigenvalue weighted by Gasteiger charge is 2.10. The standard InChI is InChI=1S/C9H7N3O2/c10-9-4-7-6(5-11-9)2-1-3-8(7)12(13)14/h1-5H,(H2,10,11). The van der Waals surface area contributed by atoms with E-state index in [1.807, 2.05) is 0 Å². The van der Waals surface area contributed by atoms with E-state index in [0.29, 0.717) is 10.8 Å².